The smallest absolute Gasteiger partial charge is 0.460 e. The lowest BCUT2D eigenvalue weighted by atomic mass is 9.94. The summed E-state index contributed by atoms with van der Waals surface area (Å²) in [4.78, 5) is 0. The van der Waals surface area contributed by atoms with E-state index in [9.17, 15) is 61.5 Å². The summed E-state index contributed by atoms with van der Waals surface area (Å²) in [5.74, 6) is -37.8. The lowest BCUT2D eigenvalue weighted by Gasteiger charge is -2.39. The molecule has 0 radical (unpaired) electrons. The molecule has 1 nitrogen and oxygen atoms in total. The summed E-state index contributed by atoms with van der Waals surface area (Å²) in [6, 6.07) is 4.13. The minimum Gasteiger partial charge on any atom is -0.464 e. The standard InChI is InChI=1S/C15H8F14O/c16-9(6-8-4-2-1-3-5-8)30-7-10(17,18)11(19,20)12(21,22)13(23,24)14(25,26)15(27,28)29/h1-6H,7H2. The summed E-state index contributed by atoms with van der Waals surface area (Å²) >= 11 is 0. The minimum atomic E-state index is -8.01. The van der Waals surface area contributed by atoms with Crippen molar-refractivity contribution in [1.29, 1.82) is 0 Å². The molecular formula is C15H8F14O. The number of alkyl halides is 13. The van der Waals surface area contributed by atoms with Crippen LogP contribution < -0.4 is 0 Å². The van der Waals surface area contributed by atoms with Crippen molar-refractivity contribution in [1.82, 2.24) is 0 Å². The predicted octanol–water partition coefficient (Wildman–Crippen LogP) is 6.71. The summed E-state index contributed by atoms with van der Waals surface area (Å²) in [6.45, 7) is -3.10. The van der Waals surface area contributed by atoms with Gasteiger partial charge in [0.1, 0.15) is 0 Å². The molecule has 0 fully saturated rings. The van der Waals surface area contributed by atoms with Crippen molar-refractivity contribution < 1.29 is 66.2 Å². The van der Waals surface area contributed by atoms with Gasteiger partial charge in [-0.25, -0.2) is 0 Å². The van der Waals surface area contributed by atoms with Crippen molar-refractivity contribution in [3.05, 3.63) is 41.9 Å². The molecule has 172 valence electrons. The molecular weight excluding hydrogens is 462 g/mol. The van der Waals surface area contributed by atoms with E-state index in [1.807, 2.05) is 0 Å². The van der Waals surface area contributed by atoms with Crippen LogP contribution in [0.5, 0.6) is 0 Å². The molecule has 0 aliphatic heterocycles. The zero-order chi connectivity index (χ0) is 23.8. The minimum absolute atomic E-state index is 0.119. The Bertz CT molecular complexity index is 750. The molecule has 0 aromatic heterocycles. The molecule has 0 N–H and O–H groups in total. The van der Waals surface area contributed by atoms with Crippen LogP contribution in [0.2, 0.25) is 0 Å². The van der Waals surface area contributed by atoms with Crippen LogP contribution in [0.25, 0.3) is 6.08 Å². The van der Waals surface area contributed by atoms with E-state index < -0.39 is 48.4 Å². The van der Waals surface area contributed by atoms with Gasteiger partial charge >= 0.3 is 35.8 Å². The van der Waals surface area contributed by atoms with Crippen LogP contribution in [0.1, 0.15) is 5.56 Å². The Morgan fingerprint density at radius 1 is 0.667 bits per heavy atom. The number of hydrogen-bond donors (Lipinski definition) is 0. The molecule has 0 heterocycles. The first-order valence-corrected chi connectivity index (χ1v) is 7.23. The molecule has 0 atom stereocenters. The maximum Gasteiger partial charge on any atom is 0.460 e. The van der Waals surface area contributed by atoms with Gasteiger partial charge in [0.05, 0.1) is 0 Å². The van der Waals surface area contributed by atoms with Crippen molar-refractivity contribution in [2.75, 3.05) is 6.61 Å². The van der Waals surface area contributed by atoms with Crippen molar-refractivity contribution in [2.24, 2.45) is 0 Å². The first-order chi connectivity index (χ1) is 13.2. The summed E-state index contributed by atoms with van der Waals surface area (Å²) < 4.78 is 184. The van der Waals surface area contributed by atoms with Gasteiger partial charge in [-0.1, -0.05) is 30.3 Å². The number of rotatable bonds is 8. The summed E-state index contributed by atoms with van der Waals surface area (Å²) in [5, 5.41) is 0. The monoisotopic (exact) mass is 470 g/mol. The Kier molecular flexibility index (Phi) is 6.71. The van der Waals surface area contributed by atoms with Gasteiger partial charge in [0.2, 0.25) is 0 Å². The Hall–Kier alpha value is -2.22. The highest BCUT2D eigenvalue weighted by Crippen LogP contribution is 2.60. The summed E-state index contributed by atoms with van der Waals surface area (Å²) in [6.07, 6.45) is -7.22. The van der Waals surface area contributed by atoms with Crippen LogP contribution in [0.15, 0.2) is 36.3 Å². The van der Waals surface area contributed by atoms with E-state index in [1.54, 1.807) is 0 Å². The van der Waals surface area contributed by atoms with Gasteiger partial charge in [-0.05, 0) is 5.56 Å². The zero-order valence-electron chi connectivity index (χ0n) is 13.9. The predicted molar refractivity (Wildman–Crippen MR) is 72.3 cm³/mol. The number of ether oxygens (including phenoxy) is 1. The van der Waals surface area contributed by atoms with E-state index in [2.05, 4.69) is 4.74 Å². The second-order valence-corrected chi connectivity index (χ2v) is 5.65. The fourth-order valence-electron chi connectivity index (χ4n) is 1.77. The average Bonchev–Trinajstić information content (AvgIpc) is 2.59. The van der Waals surface area contributed by atoms with E-state index in [0.717, 1.165) is 12.1 Å². The van der Waals surface area contributed by atoms with Crippen LogP contribution in [0.3, 0.4) is 0 Å². The second kappa shape index (κ2) is 7.80. The SMILES string of the molecule is FC(=Cc1ccccc1)OCC(F)(F)C(F)(F)C(F)(F)C(F)(F)C(F)(F)C(F)(F)F. The highest BCUT2D eigenvalue weighted by molar-refractivity contribution is 5.49. The van der Waals surface area contributed by atoms with Gasteiger partial charge in [-0.2, -0.15) is 61.5 Å². The van der Waals surface area contributed by atoms with Crippen molar-refractivity contribution in [3.63, 3.8) is 0 Å². The molecule has 30 heavy (non-hydrogen) atoms. The lowest BCUT2D eigenvalue weighted by molar-refractivity contribution is -0.441. The Balaban J connectivity index is 3.18. The largest absolute Gasteiger partial charge is 0.464 e. The van der Waals surface area contributed by atoms with Crippen molar-refractivity contribution in [3.8, 4) is 0 Å². The summed E-state index contributed by atoms with van der Waals surface area (Å²) in [7, 11) is 0. The quantitative estimate of drug-likeness (QED) is 0.303. The molecule has 1 rings (SSSR count). The topological polar surface area (TPSA) is 9.23 Å². The van der Waals surface area contributed by atoms with E-state index in [4.69, 9.17) is 0 Å². The molecule has 0 aliphatic carbocycles. The Morgan fingerprint density at radius 2 is 1.10 bits per heavy atom. The van der Waals surface area contributed by atoms with E-state index in [0.29, 0.717) is 0 Å². The highest BCUT2D eigenvalue weighted by atomic mass is 19.4. The van der Waals surface area contributed by atoms with Crippen LogP contribution >= 0.6 is 0 Å². The first kappa shape index (κ1) is 25.8. The Labute approximate surface area is 157 Å². The van der Waals surface area contributed by atoms with E-state index in [1.165, 1.54) is 18.2 Å². The van der Waals surface area contributed by atoms with E-state index >= 15 is 0 Å². The normalized spacial score (nSPS) is 15.3. The first-order valence-electron chi connectivity index (χ1n) is 7.23. The average molecular weight is 470 g/mol. The lowest BCUT2D eigenvalue weighted by Crippen LogP contribution is -2.70. The van der Waals surface area contributed by atoms with Crippen LogP contribution in [0, 0.1) is 0 Å². The fraction of sp³-hybridized carbons (Fsp3) is 0.467. The summed E-state index contributed by atoms with van der Waals surface area (Å²) in [5.41, 5.74) is -0.119. The molecule has 0 unspecified atom stereocenters. The fourth-order valence-corrected chi connectivity index (χ4v) is 1.77. The Morgan fingerprint density at radius 3 is 1.53 bits per heavy atom. The molecule has 0 amide bonds. The molecule has 0 bridgehead atoms. The van der Waals surface area contributed by atoms with Gasteiger partial charge in [0, 0.05) is 6.08 Å². The molecule has 0 saturated heterocycles. The molecule has 15 heteroatoms. The molecule has 0 aliphatic rings. The number of hydrogen-bond acceptors (Lipinski definition) is 1. The molecule has 1 aromatic carbocycles. The third-order valence-electron chi connectivity index (χ3n) is 3.47. The number of halogens is 14. The zero-order valence-corrected chi connectivity index (χ0v) is 13.9. The molecule has 0 spiro atoms. The van der Waals surface area contributed by atoms with Crippen LogP contribution in [-0.4, -0.2) is 42.4 Å². The maximum atomic E-state index is 13.4. The van der Waals surface area contributed by atoms with Crippen LogP contribution in [-0.2, 0) is 4.74 Å². The maximum absolute atomic E-state index is 13.4. The van der Waals surface area contributed by atoms with Crippen molar-refractivity contribution >= 4 is 6.08 Å². The van der Waals surface area contributed by atoms with Gasteiger partial charge in [0.25, 0.3) is 6.01 Å². The van der Waals surface area contributed by atoms with Gasteiger partial charge < -0.3 is 4.74 Å². The molecule has 0 saturated carbocycles. The third-order valence-corrected chi connectivity index (χ3v) is 3.47. The van der Waals surface area contributed by atoms with Gasteiger partial charge in [0.15, 0.2) is 6.61 Å². The van der Waals surface area contributed by atoms with Gasteiger partial charge in [-0.15, -0.1) is 0 Å². The third kappa shape index (κ3) is 4.29. The van der Waals surface area contributed by atoms with Gasteiger partial charge in [-0.3, -0.25) is 0 Å². The highest BCUT2D eigenvalue weighted by Gasteiger charge is 2.90. The second-order valence-electron chi connectivity index (χ2n) is 5.65. The molecule has 1 aromatic rings. The number of benzene rings is 1. The van der Waals surface area contributed by atoms with E-state index in [-0.39, 0.29) is 11.6 Å². The van der Waals surface area contributed by atoms with Crippen molar-refractivity contribution in [2.45, 2.75) is 35.8 Å². The van der Waals surface area contributed by atoms with Crippen LogP contribution in [0.4, 0.5) is 61.5 Å².